The number of aryl methyl sites for hydroxylation is 2. The van der Waals surface area contributed by atoms with E-state index in [0.29, 0.717) is 28.8 Å². The maximum atomic E-state index is 11.4. The number of nitrogens with zero attached hydrogens (tertiary/aromatic N) is 6. The monoisotopic (exact) mass is 445 g/mol. The number of hydrogen-bond donors (Lipinski definition) is 1. The second-order valence-corrected chi connectivity index (χ2v) is 9.22. The highest BCUT2D eigenvalue weighted by atomic mass is 16.5. The van der Waals surface area contributed by atoms with Gasteiger partial charge in [-0.15, -0.1) is 0 Å². The third kappa shape index (κ3) is 4.18. The van der Waals surface area contributed by atoms with Gasteiger partial charge in [0.15, 0.2) is 11.5 Å². The average molecular weight is 446 g/mol. The van der Waals surface area contributed by atoms with E-state index in [2.05, 4.69) is 44.9 Å². The molecule has 0 saturated heterocycles. The maximum absolute atomic E-state index is 11.4. The van der Waals surface area contributed by atoms with Gasteiger partial charge in [-0.05, 0) is 25.8 Å². The van der Waals surface area contributed by atoms with E-state index in [0.717, 1.165) is 30.7 Å². The first-order valence-electron chi connectivity index (χ1n) is 11.1. The van der Waals surface area contributed by atoms with E-state index in [9.17, 15) is 4.79 Å². The van der Waals surface area contributed by atoms with Gasteiger partial charge in [0.25, 0.3) is 0 Å². The molecule has 0 aliphatic carbocycles. The summed E-state index contributed by atoms with van der Waals surface area (Å²) >= 11 is 0. The van der Waals surface area contributed by atoms with Gasteiger partial charge >= 0.3 is 0 Å². The Morgan fingerprint density at radius 2 is 2.06 bits per heavy atom. The molecule has 0 spiro atoms. The van der Waals surface area contributed by atoms with Crippen LogP contribution in [0.1, 0.15) is 45.0 Å². The first-order valence-corrected chi connectivity index (χ1v) is 11.1. The van der Waals surface area contributed by atoms with Gasteiger partial charge in [0.05, 0.1) is 17.4 Å². The van der Waals surface area contributed by atoms with E-state index in [1.54, 1.807) is 31.5 Å². The van der Waals surface area contributed by atoms with Crippen LogP contribution in [0.15, 0.2) is 36.7 Å². The van der Waals surface area contributed by atoms with Crippen LogP contribution in [0, 0.1) is 0 Å². The van der Waals surface area contributed by atoms with E-state index >= 15 is 0 Å². The Morgan fingerprint density at radius 1 is 1.21 bits per heavy atom. The number of carbonyl (C=O) groups excluding carboxylic acids is 1. The first-order chi connectivity index (χ1) is 15.8. The Bertz CT molecular complexity index is 1350. The van der Waals surface area contributed by atoms with Crippen LogP contribution in [-0.2, 0) is 30.2 Å². The lowest BCUT2D eigenvalue weighted by Crippen LogP contribution is -2.27. The summed E-state index contributed by atoms with van der Waals surface area (Å²) in [5, 5.41) is 8.08. The molecule has 5 heterocycles. The molecule has 0 saturated carbocycles. The summed E-state index contributed by atoms with van der Waals surface area (Å²) in [5.41, 5.74) is 3.47. The Morgan fingerprint density at radius 3 is 2.85 bits per heavy atom. The SMILES string of the molecule is CC(=O)Cc1cc(Oc2cnc3nc(Nc4cc5n(n4)CCCC5(C)C)n(C)c3c2)ccn1. The zero-order valence-corrected chi connectivity index (χ0v) is 19.3. The van der Waals surface area contributed by atoms with Gasteiger partial charge in [-0.1, -0.05) is 13.8 Å². The lowest BCUT2D eigenvalue weighted by Gasteiger charge is -2.30. The number of anilines is 2. The van der Waals surface area contributed by atoms with Crippen molar-refractivity contribution in [3.05, 3.63) is 48.0 Å². The number of Topliss-reactive ketones (excluding diaryl/α,β-unsaturated/α-hetero) is 1. The number of carbonyl (C=O) groups is 1. The molecule has 0 radical (unpaired) electrons. The number of hydrogen-bond acceptors (Lipinski definition) is 7. The molecule has 1 aliphatic heterocycles. The largest absolute Gasteiger partial charge is 0.456 e. The van der Waals surface area contributed by atoms with Crippen molar-refractivity contribution in [2.24, 2.45) is 7.05 Å². The minimum atomic E-state index is 0.0553. The van der Waals surface area contributed by atoms with Crippen LogP contribution in [0.3, 0.4) is 0 Å². The fourth-order valence-electron chi connectivity index (χ4n) is 4.33. The van der Waals surface area contributed by atoms with Crippen LogP contribution < -0.4 is 10.1 Å². The Hall–Kier alpha value is -3.75. The van der Waals surface area contributed by atoms with Crippen LogP contribution in [-0.4, -0.2) is 35.1 Å². The second-order valence-electron chi connectivity index (χ2n) is 9.22. The second kappa shape index (κ2) is 7.99. The van der Waals surface area contributed by atoms with Crippen LogP contribution >= 0.6 is 0 Å². The molecule has 170 valence electrons. The molecule has 0 unspecified atom stereocenters. The molecule has 1 N–H and O–H groups in total. The van der Waals surface area contributed by atoms with Gasteiger partial charge in [0.2, 0.25) is 5.95 Å². The van der Waals surface area contributed by atoms with Gasteiger partial charge < -0.3 is 14.6 Å². The molecule has 0 amide bonds. The normalized spacial score (nSPS) is 14.8. The number of rotatable bonds is 6. The predicted molar refractivity (Wildman–Crippen MR) is 125 cm³/mol. The first kappa shape index (κ1) is 21.1. The third-order valence-corrected chi connectivity index (χ3v) is 6.05. The fraction of sp³-hybridized carbons (Fsp3) is 0.375. The number of nitrogens with one attached hydrogen (secondary N) is 1. The molecular formula is C24H27N7O2. The number of aromatic nitrogens is 6. The predicted octanol–water partition coefficient (Wildman–Crippen LogP) is 4.30. The van der Waals surface area contributed by atoms with Crippen LogP contribution in [0.25, 0.3) is 11.2 Å². The van der Waals surface area contributed by atoms with Gasteiger partial charge in [0, 0.05) is 55.5 Å². The summed E-state index contributed by atoms with van der Waals surface area (Å²) in [6, 6.07) is 7.53. The minimum Gasteiger partial charge on any atom is -0.456 e. The van der Waals surface area contributed by atoms with Crippen molar-refractivity contribution in [3.8, 4) is 11.5 Å². The maximum Gasteiger partial charge on any atom is 0.210 e. The van der Waals surface area contributed by atoms with E-state index in [4.69, 9.17) is 9.84 Å². The summed E-state index contributed by atoms with van der Waals surface area (Å²) in [7, 11) is 1.93. The van der Waals surface area contributed by atoms with Crippen molar-refractivity contribution in [1.82, 2.24) is 29.3 Å². The molecule has 33 heavy (non-hydrogen) atoms. The highest BCUT2D eigenvalue weighted by Crippen LogP contribution is 2.35. The molecular weight excluding hydrogens is 418 g/mol. The van der Waals surface area contributed by atoms with E-state index in [1.165, 1.54) is 5.69 Å². The molecule has 5 rings (SSSR count). The quantitative estimate of drug-likeness (QED) is 0.472. The smallest absolute Gasteiger partial charge is 0.210 e. The van der Waals surface area contributed by atoms with Gasteiger partial charge in [-0.25, -0.2) is 4.98 Å². The Labute approximate surface area is 191 Å². The molecule has 4 aromatic rings. The standard InChI is InChI=1S/C24H27N7O2/c1-15(32)10-16-11-17(6-8-25-16)33-18-12-19-22(26-14-18)28-23(30(19)4)27-21-13-20-24(2,3)7-5-9-31(20)29-21/h6,8,11-14H,5,7,9-10H2,1-4H3,(H,26,27,28,29). The fourth-order valence-corrected chi connectivity index (χ4v) is 4.33. The summed E-state index contributed by atoms with van der Waals surface area (Å²) < 4.78 is 10.0. The Kier molecular flexibility index (Phi) is 5.11. The van der Waals surface area contributed by atoms with E-state index in [1.807, 2.05) is 17.7 Å². The highest BCUT2D eigenvalue weighted by molar-refractivity contribution is 5.78. The third-order valence-electron chi connectivity index (χ3n) is 6.05. The van der Waals surface area contributed by atoms with E-state index in [-0.39, 0.29) is 17.6 Å². The highest BCUT2D eigenvalue weighted by Gasteiger charge is 2.29. The topological polar surface area (TPSA) is 99.7 Å². The summed E-state index contributed by atoms with van der Waals surface area (Å²) in [4.78, 5) is 24.7. The zero-order valence-electron chi connectivity index (χ0n) is 19.3. The average Bonchev–Trinajstić information content (AvgIpc) is 3.30. The molecule has 0 bridgehead atoms. The summed E-state index contributed by atoms with van der Waals surface area (Å²) in [6.45, 7) is 7.00. The molecule has 0 atom stereocenters. The van der Waals surface area contributed by atoms with Crippen LogP contribution in [0.2, 0.25) is 0 Å². The molecule has 9 heteroatoms. The van der Waals surface area contributed by atoms with Gasteiger partial charge in [0.1, 0.15) is 17.3 Å². The zero-order chi connectivity index (χ0) is 23.2. The molecule has 1 aliphatic rings. The van der Waals surface area contributed by atoms with Crippen molar-refractivity contribution in [2.45, 2.75) is 52.0 Å². The molecule has 0 fully saturated rings. The minimum absolute atomic E-state index is 0.0553. The lowest BCUT2D eigenvalue weighted by molar-refractivity contribution is -0.116. The Balaban J connectivity index is 1.39. The van der Waals surface area contributed by atoms with Crippen molar-refractivity contribution in [2.75, 3.05) is 5.32 Å². The molecule has 9 nitrogen and oxygen atoms in total. The molecule has 0 aromatic carbocycles. The van der Waals surface area contributed by atoms with E-state index < -0.39 is 0 Å². The van der Waals surface area contributed by atoms with Gasteiger partial charge in [-0.3, -0.25) is 14.5 Å². The van der Waals surface area contributed by atoms with Crippen molar-refractivity contribution < 1.29 is 9.53 Å². The van der Waals surface area contributed by atoms with Crippen molar-refractivity contribution in [1.29, 1.82) is 0 Å². The van der Waals surface area contributed by atoms with Crippen molar-refractivity contribution in [3.63, 3.8) is 0 Å². The number of imidazole rings is 1. The number of ketones is 1. The molecule has 4 aromatic heterocycles. The number of fused-ring (bicyclic) bond motifs is 2. The van der Waals surface area contributed by atoms with Gasteiger partial charge in [-0.2, -0.15) is 10.1 Å². The summed E-state index contributed by atoms with van der Waals surface area (Å²) in [6.07, 6.45) is 5.85. The van der Waals surface area contributed by atoms with Crippen LogP contribution in [0.5, 0.6) is 11.5 Å². The van der Waals surface area contributed by atoms with Crippen molar-refractivity contribution >= 4 is 28.7 Å². The summed E-state index contributed by atoms with van der Waals surface area (Å²) in [5.74, 6) is 2.69. The number of pyridine rings is 2. The lowest BCUT2D eigenvalue weighted by atomic mass is 9.82. The van der Waals surface area contributed by atoms with Crippen LogP contribution in [0.4, 0.5) is 11.8 Å². The number of ether oxygens (including phenoxy) is 1.